The van der Waals surface area contributed by atoms with Gasteiger partial charge in [-0.05, 0) is 66.7 Å². The van der Waals surface area contributed by atoms with Crippen molar-refractivity contribution in [1.29, 1.82) is 0 Å². The molecule has 0 unspecified atom stereocenters. The van der Waals surface area contributed by atoms with E-state index in [9.17, 15) is 19.5 Å². The zero-order chi connectivity index (χ0) is 29.6. The fourth-order valence-corrected chi connectivity index (χ4v) is 5.42. The van der Waals surface area contributed by atoms with E-state index in [0.717, 1.165) is 4.90 Å². The molecule has 0 bridgehead atoms. The summed E-state index contributed by atoms with van der Waals surface area (Å²) in [5.74, 6) is -0.733. The average Bonchev–Trinajstić information content (AvgIpc) is 2.98. The van der Waals surface area contributed by atoms with Crippen LogP contribution in [0.4, 0.5) is 5.69 Å². The molecule has 0 aliphatic carbocycles. The second kappa shape index (κ2) is 13.0. The highest BCUT2D eigenvalue weighted by Gasteiger charge is 2.17. The van der Waals surface area contributed by atoms with Crippen molar-refractivity contribution in [3.05, 3.63) is 140 Å². The van der Waals surface area contributed by atoms with Gasteiger partial charge in [0.15, 0.2) is 0 Å². The van der Waals surface area contributed by atoms with E-state index in [4.69, 9.17) is 27.6 Å². The predicted molar refractivity (Wildman–Crippen MR) is 167 cm³/mol. The Kier molecular flexibility index (Phi) is 8.97. The Morgan fingerprint density at radius 3 is 2.38 bits per heavy atom. The third-order valence-corrected chi connectivity index (χ3v) is 7.80. The molecule has 0 saturated carbocycles. The lowest BCUT2D eigenvalue weighted by atomic mass is 10.1. The number of carbonyl (C=O) groups is 2. The van der Waals surface area contributed by atoms with Crippen LogP contribution in [0.1, 0.15) is 21.5 Å². The number of carbonyl (C=O) groups excluding carboxylic acids is 2. The third kappa shape index (κ3) is 7.03. The first-order chi connectivity index (χ1) is 20.3. The minimum Gasteiger partial charge on any atom is -0.508 e. The first-order valence-corrected chi connectivity index (χ1v) is 14.3. The summed E-state index contributed by atoms with van der Waals surface area (Å²) in [4.78, 5) is 39.6. The van der Waals surface area contributed by atoms with Crippen molar-refractivity contribution in [2.45, 2.75) is 10.6 Å². The highest BCUT2D eigenvalue weighted by atomic mass is 35.5. The van der Waals surface area contributed by atoms with Gasteiger partial charge in [0.05, 0.1) is 0 Å². The number of halogens is 2. The molecule has 5 aromatic rings. The smallest absolute Gasteiger partial charge is 0.340 e. The first kappa shape index (κ1) is 29.0. The molecule has 0 atom stereocenters. The van der Waals surface area contributed by atoms with Crippen molar-refractivity contribution in [2.24, 2.45) is 0 Å². The lowest BCUT2D eigenvalue weighted by molar-refractivity contribution is -0.113. The minimum atomic E-state index is -0.587. The van der Waals surface area contributed by atoms with Crippen LogP contribution in [0.3, 0.4) is 0 Å². The molecular weight excluding hydrogens is 595 g/mol. The lowest BCUT2D eigenvalue weighted by Crippen LogP contribution is -2.30. The Labute approximate surface area is 254 Å². The van der Waals surface area contributed by atoms with Crippen LogP contribution in [-0.4, -0.2) is 16.9 Å². The van der Waals surface area contributed by atoms with Gasteiger partial charge in [-0.3, -0.25) is 9.59 Å². The number of hydrogen-bond donors (Lipinski definition) is 3. The maximum absolute atomic E-state index is 13.4. The van der Waals surface area contributed by atoms with Gasteiger partial charge in [0.25, 0.3) is 11.8 Å². The number of amides is 2. The van der Waals surface area contributed by atoms with E-state index in [1.807, 2.05) is 6.07 Å². The molecule has 1 heterocycles. The van der Waals surface area contributed by atoms with Crippen LogP contribution < -0.4 is 16.3 Å². The molecule has 0 radical (unpaired) electrons. The largest absolute Gasteiger partial charge is 0.508 e. The predicted octanol–water partition coefficient (Wildman–Crippen LogP) is 7.51. The first-order valence-electron chi connectivity index (χ1n) is 12.6. The summed E-state index contributed by atoms with van der Waals surface area (Å²) in [5, 5.41) is 16.4. The van der Waals surface area contributed by atoms with Gasteiger partial charge in [0, 0.05) is 54.5 Å². The molecule has 3 N–H and O–H groups in total. The van der Waals surface area contributed by atoms with E-state index in [1.54, 1.807) is 78.9 Å². The summed E-state index contributed by atoms with van der Waals surface area (Å²) in [6.07, 6.45) is 1.43. The van der Waals surface area contributed by atoms with Gasteiger partial charge >= 0.3 is 5.63 Å². The van der Waals surface area contributed by atoms with Crippen molar-refractivity contribution in [3.8, 4) is 5.75 Å². The summed E-state index contributed by atoms with van der Waals surface area (Å²) in [7, 11) is 0. The van der Waals surface area contributed by atoms with E-state index >= 15 is 0 Å². The van der Waals surface area contributed by atoms with Crippen molar-refractivity contribution < 1.29 is 19.1 Å². The van der Waals surface area contributed by atoms with Crippen LogP contribution in [0.15, 0.2) is 117 Å². The van der Waals surface area contributed by atoms with E-state index in [1.165, 1.54) is 30.0 Å². The SMILES string of the molecule is O=C(Nc1cccc(SCc2cc3ccc(O)cc3oc2=O)c1)/C(=C\c1c(Cl)cccc1Cl)NC(=O)c1ccccc1. The van der Waals surface area contributed by atoms with Crippen molar-refractivity contribution in [3.63, 3.8) is 0 Å². The molecule has 5 rings (SSSR count). The van der Waals surface area contributed by atoms with Gasteiger partial charge in [0.1, 0.15) is 17.0 Å². The van der Waals surface area contributed by atoms with Crippen LogP contribution in [-0.2, 0) is 10.5 Å². The van der Waals surface area contributed by atoms with E-state index in [-0.39, 0.29) is 11.4 Å². The number of aromatic hydroxyl groups is 1. The fraction of sp³-hybridized carbons (Fsp3) is 0.0312. The van der Waals surface area contributed by atoms with E-state index in [2.05, 4.69) is 10.6 Å². The van der Waals surface area contributed by atoms with Crippen LogP contribution in [0, 0.1) is 0 Å². The molecule has 10 heteroatoms. The molecular formula is C32H22Cl2N2O5S. The van der Waals surface area contributed by atoms with Crippen molar-refractivity contribution >= 4 is 69.5 Å². The Morgan fingerprint density at radius 1 is 0.881 bits per heavy atom. The zero-order valence-corrected chi connectivity index (χ0v) is 24.1. The Hall–Kier alpha value is -4.50. The van der Waals surface area contributed by atoms with Crippen LogP contribution in [0.5, 0.6) is 5.75 Å². The number of phenols is 1. The molecule has 0 saturated heterocycles. The van der Waals surface area contributed by atoms with Gasteiger partial charge < -0.3 is 20.2 Å². The number of nitrogens with one attached hydrogen (secondary N) is 2. The Balaban J connectivity index is 1.36. The number of hydrogen-bond acceptors (Lipinski definition) is 6. The molecule has 7 nitrogen and oxygen atoms in total. The second-order valence-electron chi connectivity index (χ2n) is 9.07. The molecule has 42 heavy (non-hydrogen) atoms. The number of anilines is 1. The van der Waals surface area contributed by atoms with Crippen LogP contribution in [0.2, 0.25) is 10.0 Å². The monoisotopic (exact) mass is 616 g/mol. The van der Waals surface area contributed by atoms with E-state index < -0.39 is 17.4 Å². The maximum atomic E-state index is 13.4. The normalized spacial score (nSPS) is 11.3. The fourth-order valence-electron chi connectivity index (χ4n) is 4.00. The van der Waals surface area contributed by atoms with E-state index in [0.29, 0.717) is 49.1 Å². The third-order valence-electron chi connectivity index (χ3n) is 6.10. The van der Waals surface area contributed by atoms with Crippen molar-refractivity contribution in [2.75, 3.05) is 5.32 Å². The van der Waals surface area contributed by atoms with Gasteiger partial charge in [0.2, 0.25) is 0 Å². The Bertz CT molecular complexity index is 1870. The topological polar surface area (TPSA) is 109 Å². The number of benzene rings is 4. The highest BCUT2D eigenvalue weighted by Crippen LogP contribution is 2.28. The Morgan fingerprint density at radius 2 is 1.62 bits per heavy atom. The standard InChI is InChI=1S/C32H22Cl2N2O5S/c33-26-10-5-11-27(34)25(26)17-28(36-30(38)19-6-2-1-3-7-19)31(39)35-22-8-4-9-24(15-22)42-18-21-14-20-12-13-23(37)16-29(20)41-32(21)40/h1-17,37H,18H2,(H,35,39)(H,36,38)/b28-17+. The summed E-state index contributed by atoms with van der Waals surface area (Å²) in [6, 6.07) is 26.8. The summed E-state index contributed by atoms with van der Waals surface area (Å²) in [5.41, 5.74) is 1.43. The van der Waals surface area contributed by atoms with Crippen LogP contribution in [0.25, 0.3) is 17.0 Å². The zero-order valence-electron chi connectivity index (χ0n) is 21.8. The van der Waals surface area contributed by atoms with Gasteiger partial charge in [-0.25, -0.2) is 4.79 Å². The number of rotatable bonds is 8. The second-order valence-corrected chi connectivity index (χ2v) is 10.9. The summed E-state index contributed by atoms with van der Waals surface area (Å²) in [6.45, 7) is 0. The average molecular weight is 618 g/mol. The van der Waals surface area contributed by atoms with Gasteiger partial charge in [-0.15, -0.1) is 11.8 Å². The lowest BCUT2D eigenvalue weighted by Gasteiger charge is -2.13. The number of phenolic OH excluding ortho intramolecular Hbond substituents is 1. The molecule has 210 valence electrons. The molecule has 0 spiro atoms. The molecule has 4 aromatic carbocycles. The van der Waals surface area contributed by atoms with Gasteiger partial charge in [-0.1, -0.05) is 53.5 Å². The summed E-state index contributed by atoms with van der Waals surface area (Å²) >= 11 is 14.0. The highest BCUT2D eigenvalue weighted by molar-refractivity contribution is 7.98. The summed E-state index contributed by atoms with van der Waals surface area (Å²) < 4.78 is 5.35. The van der Waals surface area contributed by atoms with Crippen molar-refractivity contribution in [1.82, 2.24) is 5.32 Å². The number of fused-ring (bicyclic) bond motifs is 1. The molecule has 2 amide bonds. The molecule has 0 aliphatic heterocycles. The minimum absolute atomic E-state index is 0.0132. The maximum Gasteiger partial charge on any atom is 0.340 e. The number of thioether (sulfide) groups is 1. The molecule has 1 aromatic heterocycles. The van der Waals surface area contributed by atoms with Gasteiger partial charge in [-0.2, -0.15) is 0 Å². The quantitative estimate of drug-likeness (QED) is 0.0945. The molecule has 0 aliphatic rings. The van der Waals surface area contributed by atoms with Crippen LogP contribution >= 0.6 is 35.0 Å². The molecule has 0 fully saturated rings.